The minimum absolute atomic E-state index is 0.450. The second kappa shape index (κ2) is 11.6. The van der Waals surface area contributed by atoms with E-state index in [1.54, 1.807) is 14.2 Å². The summed E-state index contributed by atoms with van der Waals surface area (Å²) in [7, 11) is 7.54. The molecule has 1 aromatic carbocycles. The molecule has 2 aliphatic rings. The summed E-state index contributed by atoms with van der Waals surface area (Å²) in [6, 6.07) is 4.46. The van der Waals surface area contributed by atoms with Gasteiger partial charge in [0, 0.05) is 43.9 Å². The van der Waals surface area contributed by atoms with Crippen molar-refractivity contribution in [3.8, 4) is 11.5 Å². The van der Waals surface area contributed by atoms with Crippen LogP contribution in [0.2, 0.25) is 0 Å². The van der Waals surface area contributed by atoms with E-state index in [9.17, 15) is 0 Å². The van der Waals surface area contributed by atoms with Crippen LogP contribution in [0.25, 0.3) is 0 Å². The molecule has 0 saturated heterocycles. The zero-order chi connectivity index (χ0) is 24.1. The Hall–Kier alpha value is -2.06. The summed E-state index contributed by atoms with van der Waals surface area (Å²) >= 11 is 3.58. The summed E-state index contributed by atoms with van der Waals surface area (Å²) in [6.45, 7) is 1.79. The van der Waals surface area contributed by atoms with Crippen molar-refractivity contribution < 1.29 is 9.47 Å². The maximum Gasteiger partial charge on any atom is 0.225 e. The minimum Gasteiger partial charge on any atom is -0.496 e. The molecule has 0 aliphatic heterocycles. The molecule has 4 rings (SSSR count). The van der Waals surface area contributed by atoms with Gasteiger partial charge < -0.3 is 25.0 Å². The Morgan fingerprint density at radius 3 is 2.44 bits per heavy atom. The normalized spacial score (nSPS) is 19.9. The number of fused-ring (bicyclic) bond motifs is 1. The molecule has 2 aromatic rings. The summed E-state index contributed by atoms with van der Waals surface area (Å²) in [5.74, 6) is 4.22. The Morgan fingerprint density at radius 1 is 1.00 bits per heavy atom. The van der Waals surface area contributed by atoms with Gasteiger partial charge in [0.05, 0.1) is 24.4 Å². The maximum atomic E-state index is 5.55. The summed E-state index contributed by atoms with van der Waals surface area (Å²) in [5, 5.41) is 7.30. The largest absolute Gasteiger partial charge is 0.496 e. The lowest BCUT2D eigenvalue weighted by Crippen LogP contribution is -2.32. The molecule has 2 N–H and O–H groups in total. The molecule has 0 bridgehead atoms. The van der Waals surface area contributed by atoms with Crippen molar-refractivity contribution in [3.63, 3.8) is 0 Å². The molecule has 0 atom stereocenters. The average molecular weight is 533 g/mol. The van der Waals surface area contributed by atoms with Crippen molar-refractivity contribution in [2.45, 2.75) is 64.0 Å². The van der Waals surface area contributed by atoms with Gasteiger partial charge in [0.2, 0.25) is 5.95 Å². The Balaban J connectivity index is 1.28. The Morgan fingerprint density at radius 2 is 1.74 bits per heavy atom. The van der Waals surface area contributed by atoms with Crippen LogP contribution in [0.3, 0.4) is 0 Å². The second-order valence-electron chi connectivity index (χ2n) is 9.69. The van der Waals surface area contributed by atoms with Crippen molar-refractivity contribution in [2.75, 3.05) is 45.1 Å². The number of aryl methyl sites for hydroxylation is 1. The number of ether oxygens (including phenoxy) is 2. The zero-order valence-corrected chi connectivity index (χ0v) is 22.5. The van der Waals surface area contributed by atoms with Gasteiger partial charge in [-0.15, -0.1) is 0 Å². The molecule has 34 heavy (non-hydrogen) atoms. The minimum atomic E-state index is 0.450. The van der Waals surface area contributed by atoms with E-state index in [0.29, 0.717) is 12.0 Å². The highest BCUT2D eigenvalue weighted by molar-refractivity contribution is 9.10. The molecule has 1 fully saturated rings. The number of benzene rings is 1. The van der Waals surface area contributed by atoms with Crippen LogP contribution in [0.5, 0.6) is 11.5 Å². The van der Waals surface area contributed by atoms with E-state index in [1.165, 1.54) is 36.9 Å². The van der Waals surface area contributed by atoms with Crippen LogP contribution in [-0.2, 0) is 19.4 Å². The Labute approximate surface area is 212 Å². The first kappa shape index (κ1) is 25.0. The van der Waals surface area contributed by atoms with Gasteiger partial charge in [0.15, 0.2) is 0 Å². The quantitative estimate of drug-likeness (QED) is 0.473. The monoisotopic (exact) mass is 531 g/mol. The number of halogens is 1. The summed E-state index contributed by atoms with van der Waals surface area (Å²) in [4.78, 5) is 11.9. The molecule has 0 radical (unpaired) electrons. The highest BCUT2D eigenvalue weighted by Gasteiger charge is 2.24. The van der Waals surface area contributed by atoms with Crippen LogP contribution in [0.4, 0.5) is 11.8 Å². The third-order valence-corrected chi connectivity index (χ3v) is 7.69. The number of hydrogen-bond donors (Lipinski definition) is 2. The van der Waals surface area contributed by atoms with Crippen LogP contribution in [0, 0.1) is 5.92 Å². The van der Waals surface area contributed by atoms with Crippen LogP contribution in [0.15, 0.2) is 16.6 Å². The number of nitrogens with one attached hydrogen (secondary N) is 2. The van der Waals surface area contributed by atoms with E-state index < -0.39 is 0 Å². The zero-order valence-electron chi connectivity index (χ0n) is 20.9. The fraction of sp³-hybridized carbons (Fsp3) is 0.615. The lowest BCUT2D eigenvalue weighted by atomic mass is 9.86. The average Bonchev–Trinajstić information content (AvgIpc) is 2.84. The van der Waals surface area contributed by atoms with E-state index in [2.05, 4.69) is 51.6 Å². The lowest BCUT2D eigenvalue weighted by Gasteiger charge is -2.30. The molecule has 1 heterocycles. The van der Waals surface area contributed by atoms with Gasteiger partial charge in [-0.25, -0.2) is 4.98 Å². The highest BCUT2D eigenvalue weighted by atomic mass is 79.9. The van der Waals surface area contributed by atoms with E-state index in [4.69, 9.17) is 19.4 Å². The predicted molar refractivity (Wildman–Crippen MR) is 141 cm³/mol. The van der Waals surface area contributed by atoms with E-state index >= 15 is 0 Å². The first-order chi connectivity index (χ1) is 16.5. The van der Waals surface area contributed by atoms with Crippen LogP contribution in [-0.4, -0.2) is 50.9 Å². The number of nitrogens with zero attached hydrogens (tertiary/aromatic N) is 3. The van der Waals surface area contributed by atoms with Gasteiger partial charge in [0.1, 0.15) is 17.3 Å². The molecule has 2 aliphatic carbocycles. The van der Waals surface area contributed by atoms with E-state index in [1.807, 2.05) is 6.07 Å². The third kappa shape index (κ3) is 5.95. The third-order valence-electron chi connectivity index (χ3n) is 7.07. The molecule has 0 unspecified atom stereocenters. The Bertz CT molecular complexity index is 976. The van der Waals surface area contributed by atoms with Crippen molar-refractivity contribution in [1.29, 1.82) is 0 Å². The molecule has 7 nitrogen and oxygen atoms in total. The molecular weight excluding hydrogens is 494 g/mol. The van der Waals surface area contributed by atoms with E-state index in [-0.39, 0.29) is 0 Å². The molecule has 0 amide bonds. The van der Waals surface area contributed by atoms with Gasteiger partial charge >= 0.3 is 0 Å². The molecule has 1 saturated carbocycles. The molecule has 0 spiro atoms. The van der Waals surface area contributed by atoms with Gasteiger partial charge in [-0.1, -0.05) is 0 Å². The van der Waals surface area contributed by atoms with Crippen LogP contribution in [0.1, 0.15) is 55.3 Å². The van der Waals surface area contributed by atoms with Crippen molar-refractivity contribution in [1.82, 2.24) is 15.3 Å². The van der Waals surface area contributed by atoms with E-state index in [0.717, 1.165) is 72.1 Å². The fourth-order valence-electron chi connectivity index (χ4n) is 5.17. The summed E-state index contributed by atoms with van der Waals surface area (Å²) in [5.41, 5.74) is 3.72. The van der Waals surface area contributed by atoms with Gasteiger partial charge in [0.25, 0.3) is 0 Å². The second-order valence-corrected chi connectivity index (χ2v) is 10.5. The number of methoxy groups -OCH3 is 2. The number of anilines is 2. The Kier molecular flexibility index (Phi) is 8.53. The highest BCUT2D eigenvalue weighted by Crippen LogP contribution is 2.33. The fourth-order valence-corrected chi connectivity index (χ4v) is 5.73. The standard InChI is InChI=1S/C26H38BrN5O2/c1-32(2)25-20-7-5-6-8-22(20)30-26(31-25)29-19-11-9-17(10-12-19)15-28-16-18-13-21(27)24(34-4)14-23(18)33-3/h13-14,17,19,28H,5-12,15-16H2,1-4H3,(H,29,30,31). The number of aromatic nitrogens is 2. The molecule has 186 valence electrons. The van der Waals surface area contributed by atoms with Crippen LogP contribution < -0.4 is 25.0 Å². The SMILES string of the molecule is COc1cc(OC)c(CNCC2CCC(Nc3nc4c(c(N(C)C)n3)CCCC4)CC2)cc1Br. The van der Waals surface area contributed by atoms with Crippen molar-refractivity contribution >= 4 is 27.7 Å². The van der Waals surface area contributed by atoms with Gasteiger partial charge in [-0.05, 0) is 85.8 Å². The predicted octanol–water partition coefficient (Wildman–Crippen LogP) is 4.96. The van der Waals surface area contributed by atoms with Crippen molar-refractivity contribution in [3.05, 3.63) is 33.4 Å². The molecule has 8 heteroatoms. The van der Waals surface area contributed by atoms with Crippen LogP contribution >= 0.6 is 15.9 Å². The molecule has 1 aromatic heterocycles. The first-order valence-corrected chi connectivity index (χ1v) is 13.2. The lowest BCUT2D eigenvalue weighted by molar-refractivity contribution is 0.322. The number of hydrogen-bond acceptors (Lipinski definition) is 7. The maximum absolute atomic E-state index is 5.55. The van der Waals surface area contributed by atoms with Crippen molar-refractivity contribution in [2.24, 2.45) is 5.92 Å². The number of rotatable bonds is 9. The van der Waals surface area contributed by atoms with Gasteiger partial charge in [-0.2, -0.15) is 4.98 Å². The first-order valence-electron chi connectivity index (χ1n) is 12.4. The topological polar surface area (TPSA) is 71.5 Å². The smallest absolute Gasteiger partial charge is 0.225 e. The molecular formula is C26H38BrN5O2. The summed E-state index contributed by atoms with van der Waals surface area (Å²) in [6.07, 6.45) is 9.36. The van der Waals surface area contributed by atoms with Gasteiger partial charge in [-0.3, -0.25) is 0 Å². The summed E-state index contributed by atoms with van der Waals surface area (Å²) < 4.78 is 11.9.